The second kappa shape index (κ2) is 6.72. The fourth-order valence-corrected chi connectivity index (χ4v) is 4.56. The molecule has 0 aliphatic heterocycles. The number of pyridine rings is 1. The second-order valence-electron chi connectivity index (χ2n) is 7.05. The van der Waals surface area contributed by atoms with Crippen LogP contribution in [0, 0.1) is 13.8 Å². The largest absolute Gasteiger partial charge is 0.397 e. The van der Waals surface area contributed by atoms with Crippen molar-refractivity contribution >= 4 is 38.8 Å². The molecule has 4 nitrogen and oxygen atoms in total. The topological polar surface area (TPSA) is 68.0 Å². The summed E-state index contributed by atoms with van der Waals surface area (Å²) in [5, 5.41) is 3.93. The first-order valence-corrected chi connectivity index (χ1v) is 9.94. The van der Waals surface area contributed by atoms with Gasteiger partial charge in [0.2, 0.25) is 0 Å². The molecule has 2 heterocycles. The number of anilines is 2. The number of nitrogens with one attached hydrogen (secondary N) is 1. The third-order valence-electron chi connectivity index (χ3n) is 5.31. The molecule has 1 aliphatic carbocycles. The van der Waals surface area contributed by atoms with Crippen LogP contribution < -0.4 is 11.1 Å². The number of aryl methyl sites for hydroxylation is 3. The Morgan fingerprint density at radius 2 is 2.00 bits per heavy atom. The van der Waals surface area contributed by atoms with Crippen LogP contribution in [0.3, 0.4) is 0 Å². The number of carbonyl (C=O) groups excluding carboxylic acids is 1. The van der Waals surface area contributed by atoms with Crippen LogP contribution in [0.25, 0.3) is 10.2 Å². The van der Waals surface area contributed by atoms with Gasteiger partial charge in [0.05, 0.1) is 5.69 Å². The van der Waals surface area contributed by atoms with Crippen LogP contribution in [-0.4, -0.2) is 10.9 Å². The molecule has 0 bridgehead atoms. The Balaban J connectivity index is 1.71. The Hall–Kier alpha value is -2.40. The van der Waals surface area contributed by atoms with Gasteiger partial charge in [-0.25, -0.2) is 4.98 Å². The monoisotopic (exact) mass is 365 g/mol. The number of nitrogens with two attached hydrogens (primary N) is 1. The van der Waals surface area contributed by atoms with E-state index in [1.54, 1.807) is 0 Å². The molecule has 3 aromatic rings. The van der Waals surface area contributed by atoms with Crippen molar-refractivity contribution < 1.29 is 4.79 Å². The highest BCUT2D eigenvalue weighted by Gasteiger charge is 2.20. The van der Waals surface area contributed by atoms with E-state index in [-0.39, 0.29) is 5.91 Å². The Labute approximate surface area is 157 Å². The van der Waals surface area contributed by atoms with Gasteiger partial charge in [0.15, 0.2) is 0 Å². The van der Waals surface area contributed by atoms with Crippen LogP contribution in [0.2, 0.25) is 0 Å². The number of carbonyl (C=O) groups is 1. The van der Waals surface area contributed by atoms with Gasteiger partial charge in [0, 0.05) is 16.8 Å². The maximum Gasteiger partial charge on any atom is 0.267 e. The SMILES string of the molecule is Cc1cccc(NC(=O)c2sc3nc4c(cc3c2N)CCCCC4)c1C. The summed E-state index contributed by atoms with van der Waals surface area (Å²) in [5.74, 6) is -0.158. The van der Waals surface area contributed by atoms with Crippen molar-refractivity contribution in [3.8, 4) is 0 Å². The first kappa shape index (κ1) is 17.0. The van der Waals surface area contributed by atoms with Gasteiger partial charge in [-0.1, -0.05) is 18.6 Å². The highest BCUT2D eigenvalue weighted by atomic mass is 32.1. The molecule has 0 radical (unpaired) electrons. The fraction of sp³-hybridized carbons (Fsp3) is 0.333. The van der Waals surface area contributed by atoms with Gasteiger partial charge in [-0.3, -0.25) is 4.79 Å². The third kappa shape index (κ3) is 2.97. The van der Waals surface area contributed by atoms with E-state index < -0.39 is 0 Å². The van der Waals surface area contributed by atoms with E-state index in [2.05, 4.69) is 11.4 Å². The molecule has 4 rings (SSSR count). The number of amides is 1. The van der Waals surface area contributed by atoms with Crippen molar-refractivity contribution in [3.63, 3.8) is 0 Å². The molecule has 0 unspecified atom stereocenters. The summed E-state index contributed by atoms with van der Waals surface area (Å²) in [7, 11) is 0. The maximum atomic E-state index is 12.8. The molecule has 5 heteroatoms. The highest BCUT2D eigenvalue weighted by molar-refractivity contribution is 7.21. The number of rotatable bonds is 2. The molecule has 0 spiro atoms. The molecule has 1 amide bonds. The zero-order valence-electron chi connectivity index (χ0n) is 15.2. The van der Waals surface area contributed by atoms with E-state index in [1.165, 1.54) is 41.9 Å². The van der Waals surface area contributed by atoms with Crippen LogP contribution in [-0.2, 0) is 12.8 Å². The lowest BCUT2D eigenvalue weighted by molar-refractivity contribution is 0.103. The average Bonchev–Trinajstić information content (AvgIpc) is 2.80. The van der Waals surface area contributed by atoms with Crippen molar-refractivity contribution in [2.45, 2.75) is 46.0 Å². The summed E-state index contributed by atoms with van der Waals surface area (Å²) in [5.41, 5.74) is 12.4. The van der Waals surface area contributed by atoms with Crippen LogP contribution in [0.1, 0.15) is 51.3 Å². The number of thiophene rings is 1. The predicted molar refractivity (Wildman–Crippen MR) is 109 cm³/mol. The van der Waals surface area contributed by atoms with Crippen molar-refractivity contribution in [2.75, 3.05) is 11.1 Å². The maximum absolute atomic E-state index is 12.8. The fourth-order valence-electron chi connectivity index (χ4n) is 3.57. The molecule has 0 saturated heterocycles. The molecule has 0 fully saturated rings. The summed E-state index contributed by atoms with van der Waals surface area (Å²) in [4.78, 5) is 19.1. The molecular formula is C21H23N3OS. The summed E-state index contributed by atoms with van der Waals surface area (Å²) in [6.45, 7) is 4.05. The Kier molecular flexibility index (Phi) is 4.41. The van der Waals surface area contributed by atoms with E-state index >= 15 is 0 Å². The van der Waals surface area contributed by atoms with Crippen molar-refractivity contribution in [1.29, 1.82) is 0 Å². The number of hydrogen-bond donors (Lipinski definition) is 2. The van der Waals surface area contributed by atoms with Crippen LogP contribution in [0.15, 0.2) is 24.3 Å². The number of benzene rings is 1. The van der Waals surface area contributed by atoms with Gasteiger partial charge in [-0.05, 0) is 68.4 Å². The van der Waals surface area contributed by atoms with Crippen LogP contribution in [0.5, 0.6) is 0 Å². The standard InChI is InChI=1S/C21H23N3OS/c1-12-7-6-10-16(13(12)2)23-20(25)19-18(22)15-11-14-8-4-3-5-9-17(14)24-21(15)26-19/h6-7,10-11H,3-5,8-9,22H2,1-2H3,(H,23,25). The summed E-state index contributed by atoms with van der Waals surface area (Å²) in [6, 6.07) is 8.06. The lowest BCUT2D eigenvalue weighted by Gasteiger charge is -2.09. The lowest BCUT2D eigenvalue weighted by atomic mass is 10.1. The first-order valence-electron chi connectivity index (χ1n) is 9.13. The van der Waals surface area contributed by atoms with Crippen LogP contribution in [0.4, 0.5) is 11.4 Å². The smallest absolute Gasteiger partial charge is 0.267 e. The number of fused-ring (bicyclic) bond motifs is 2. The van der Waals surface area contributed by atoms with Crippen LogP contribution >= 0.6 is 11.3 Å². The summed E-state index contributed by atoms with van der Waals surface area (Å²) in [6.07, 6.45) is 5.71. The van der Waals surface area contributed by atoms with Crippen molar-refractivity contribution in [1.82, 2.24) is 4.98 Å². The van der Waals surface area contributed by atoms with Gasteiger partial charge in [0.1, 0.15) is 9.71 Å². The third-order valence-corrected chi connectivity index (χ3v) is 6.42. The minimum atomic E-state index is -0.158. The second-order valence-corrected chi connectivity index (χ2v) is 8.05. The minimum absolute atomic E-state index is 0.158. The first-order chi connectivity index (χ1) is 12.5. The number of nitrogens with zero attached hydrogens (tertiary/aromatic N) is 1. The molecule has 2 aromatic heterocycles. The average molecular weight is 366 g/mol. The Morgan fingerprint density at radius 1 is 1.19 bits per heavy atom. The number of hydrogen-bond acceptors (Lipinski definition) is 4. The summed E-state index contributed by atoms with van der Waals surface area (Å²) < 4.78 is 0. The zero-order valence-corrected chi connectivity index (χ0v) is 16.0. The predicted octanol–water partition coefficient (Wildman–Crippen LogP) is 5.02. The van der Waals surface area contributed by atoms with Gasteiger partial charge in [0.25, 0.3) is 5.91 Å². The molecule has 1 aliphatic rings. The van der Waals surface area contributed by atoms with E-state index in [0.717, 1.165) is 39.9 Å². The molecular weight excluding hydrogens is 342 g/mol. The highest BCUT2D eigenvalue weighted by Crippen LogP contribution is 2.35. The molecule has 0 saturated carbocycles. The molecule has 26 heavy (non-hydrogen) atoms. The van der Waals surface area contributed by atoms with Gasteiger partial charge >= 0.3 is 0 Å². The molecule has 1 aromatic carbocycles. The Bertz CT molecular complexity index is 1010. The van der Waals surface area contributed by atoms with Crippen molar-refractivity contribution in [2.24, 2.45) is 0 Å². The van der Waals surface area contributed by atoms with Crippen molar-refractivity contribution in [3.05, 3.63) is 51.5 Å². The quantitative estimate of drug-likeness (QED) is 0.627. The molecule has 3 N–H and O–H groups in total. The van der Waals surface area contributed by atoms with E-state index in [9.17, 15) is 4.79 Å². The molecule has 0 atom stereocenters. The van der Waals surface area contributed by atoms with E-state index in [1.807, 2.05) is 32.0 Å². The normalized spacial score (nSPS) is 14.1. The minimum Gasteiger partial charge on any atom is -0.397 e. The zero-order chi connectivity index (χ0) is 18.3. The lowest BCUT2D eigenvalue weighted by Crippen LogP contribution is -2.13. The molecule has 134 valence electrons. The number of nitrogen functional groups attached to an aromatic ring is 1. The number of aromatic nitrogens is 1. The van der Waals surface area contributed by atoms with Gasteiger partial charge < -0.3 is 11.1 Å². The van der Waals surface area contributed by atoms with Gasteiger partial charge in [-0.2, -0.15) is 0 Å². The Morgan fingerprint density at radius 3 is 2.85 bits per heavy atom. The van der Waals surface area contributed by atoms with E-state index in [4.69, 9.17) is 10.7 Å². The van der Waals surface area contributed by atoms with E-state index in [0.29, 0.717) is 10.6 Å². The van der Waals surface area contributed by atoms with Gasteiger partial charge in [-0.15, -0.1) is 11.3 Å². The summed E-state index contributed by atoms with van der Waals surface area (Å²) >= 11 is 1.39.